The van der Waals surface area contributed by atoms with E-state index in [4.69, 9.17) is 9.15 Å². The van der Waals surface area contributed by atoms with Gasteiger partial charge in [-0.05, 0) is 37.1 Å². The zero-order valence-electron chi connectivity index (χ0n) is 13.2. The first-order valence-electron chi connectivity index (χ1n) is 7.70. The molecule has 0 aliphatic rings. The zero-order valence-corrected chi connectivity index (χ0v) is 13.2. The molecule has 0 spiro atoms. The van der Waals surface area contributed by atoms with E-state index >= 15 is 0 Å². The summed E-state index contributed by atoms with van der Waals surface area (Å²) in [7, 11) is 1.73. The second kappa shape index (κ2) is 8.01. The highest BCUT2D eigenvalue weighted by Crippen LogP contribution is 2.29. The number of methoxy groups -OCH3 is 1. The monoisotopic (exact) mass is 287 g/mol. The Hall–Kier alpha value is -1.58. The Balaban J connectivity index is 2.24. The third-order valence-electron chi connectivity index (χ3n) is 3.69. The van der Waals surface area contributed by atoms with Crippen molar-refractivity contribution in [2.45, 2.75) is 32.7 Å². The smallest absolute Gasteiger partial charge is 0.134 e. The van der Waals surface area contributed by atoms with Gasteiger partial charge in [-0.2, -0.15) is 0 Å². The lowest BCUT2D eigenvalue weighted by molar-refractivity contribution is 0.202. The maximum Gasteiger partial charge on any atom is 0.134 e. The molecule has 0 amide bonds. The van der Waals surface area contributed by atoms with Gasteiger partial charge in [-0.25, -0.2) is 0 Å². The molecular weight excluding hydrogens is 262 g/mol. The van der Waals surface area contributed by atoms with Crippen LogP contribution in [0.25, 0.3) is 11.3 Å². The van der Waals surface area contributed by atoms with Gasteiger partial charge in [0.1, 0.15) is 11.5 Å². The number of rotatable bonds is 8. The van der Waals surface area contributed by atoms with Gasteiger partial charge < -0.3 is 14.5 Å². The average molecular weight is 287 g/mol. The Bertz CT molecular complexity index is 548. The molecule has 21 heavy (non-hydrogen) atoms. The predicted molar refractivity (Wildman–Crippen MR) is 86.4 cm³/mol. The SMILES string of the molecule is CCNC(CC)c1ccc(-c2ccccc2CCOC)o1. The summed E-state index contributed by atoms with van der Waals surface area (Å²) in [5.41, 5.74) is 2.42. The summed E-state index contributed by atoms with van der Waals surface area (Å²) in [5, 5.41) is 3.45. The second-order valence-corrected chi connectivity index (χ2v) is 5.12. The highest BCUT2D eigenvalue weighted by molar-refractivity contribution is 5.62. The molecule has 0 bridgehead atoms. The molecule has 1 N–H and O–H groups in total. The molecule has 0 saturated heterocycles. The number of hydrogen-bond acceptors (Lipinski definition) is 3. The fourth-order valence-corrected chi connectivity index (χ4v) is 2.57. The molecule has 0 aliphatic heterocycles. The van der Waals surface area contributed by atoms with E-state index < -0.39 is 0 Å². The van der Waals surface area contributed by atoms with Gasteiger partial charge in [0.2, 0.25) is 0 Å². The van der Waals surface area contributed by atoms with Gasteiger partial charge in [0.15, 0.2) is 0 Å². The lowest BCUT2D eigenvalue weighted by atomic mass is 10.0. The third-order valence-corrected chi connectivity index (χ3v) is 3.69. The maximum atomic E-state index is 6.09. The molecular formula is C18H25NO2. The number of ether oxygens (including phenoxy) is 1. The van der Waals surface area contributed by atoms with Gasteiger partial charge in [0, 0.05) is 12.7 Å². The van der Waals surface area contributed by atoms with Crippen LogP contribution in [0, 0.1) is 0 Å². The summed E-state index contributed by atoms with van der Waals surface area (Å²) < 4.78 is 11.3. The summed E-state index contributed by atoms with van der Waals surface area (Å²) in [5.74, 6) is 1.95. The lowest BCUT2D eigenvalue weighted by Gasteiger charge is -2.13. The lowest BCUT2D eigenvalue weighted by Crippen LogP contribution is -2.19. The topological polar surface area (TPSA) is 34.4 Å². The van der Waals surface area contributed by atoms with Crippen molar-refractivity contribution >= 4 is 0 Å². The third kappa shape index (κ3) is 3.96. The molecule has 1 atom stereocenters. The molecule has 0 saturated carbocycles. The number of hydrogen-bond donors (Lipinski definition) is 1. The largest absolute Gasteiger partial charge is 0.459 e. The minimum absolute atomic E-state index is 0.287. The van der Waals surface area contributed by atoms with E-state index in [-0.39, 0.29) is 6.04 Å². The van der Waals surface area contributed by atoms with Crippen LogP contribution in [0.15, 0.2) is 40.8 Å². The van der Waals surface area contributed by atoms with E-state index in [0.29, 0.717) is 0 Å². The van der Waals surface area contributed by atoms with Gasteiger partial charge >= 0.3 is 0 Å². The van der Waals surface area contributed by atoms with Gasteiger partial charge in [-0.15, -0.1) is 0 Å². The second-order valence-electron chi connectivity index (χ2n) is 5.12. The highest BCUT2D eigenvalue weighted by Gasteiger charge is 2.14. The molecule has 2 aromatic rings. The Morgan fingerprint density at radius 3 is 2.67 bits per heavy atom. The highest BCUT2D eigenvalue weighted by atomic mass is 16.5. The molecule has 1 aromatic carbocycles. The van der Waals surface area contributed by atoms with Crippen LogP contribution in [0.3, 0.4) is 0 Å². The first-order chi connectivity index (χ1) is 10.3. The van der Waals surface area contributed by atoms with Crippen LogP contribution < -0.4 is 5.32 Å². The van der Waals surface area contributed by atoms with Crippen LogP contribution in [-0.4, -0.2) is 20.3 Å². The molecule has 2 rings (SSSR count). The Morgan fingerprint density at radius 1 is 1.14 bits per heavy atom. The molecule has 114 valence electrons. The Labute approximate surface area is 127 Å². The quantitative estimate of drug-likeness (QED) is 0.790. The minimum atomic E-state index is 0.287. The van der Waals surface area contributed by atoms with Crippen molar-refractivity contribution in [2.75, 3.05) is 20.3 Å². The van der Waals surface area contributed by atoms with Crippen molar-refractivity contribution in [3.05, 3.63) is 47.7 Å². The Morgan fingerprint density at radius 2 is 1.95 bits per heavy atom. The predicted octanol–water partition coefficient (Wildman–Crippen LogP) is 4.20. The maximum absolute atomic E-state index is 6.09. The molecule has 1 unspecified atom stereocenters. The molecule has 0 radical (unpaired) electrons. The fraction of sp³-hybridized carbons (Fsp3) is 0.444. The van der Waals surface area contributed by atoms with Crippen molar-refractivity contribution in [3.63, 3.8) is 0 Å². The minimum Gasteiger partial charge on any atom is -0.459 e. The van der Waals surface area contributed by atoms with E-state index in [1.54, 1.807) is 7.11 Å². The van der Waals surface area contributed by atoms with Crippen LogP contribution in [0.4, 0.5) is 0 Å². The molecule has 0 fully saturated rings. The zero-order chi connectivity index (χ0) is 15.1. The van der Waals surface area contributed by atoms with Crippen LogP contribution >= 0.6 is 0 Å². The average Bonchev–Trinajstić information content (AvgIpc) is 3.00. The summed E-state index contributed by atoms with van der Waals surface area (Å²) in [6, 6.07) is 12.8. The van der Waals surface area contributed by atoms with Crippen LogP contribution in [0.5, 0.6) is 0 Å². The van der Waals surface area contributed by atoms with Crippen molar-refractivity contribution in [1.29, 1.82) is 0 Å². The van der Waals surface area contributed by atoms with Gasteiger partial charge in [0.05, 0.1) is 12.6 Å². The molecule has 3 heteroatoms. The summed E-state index contributed by atoms with van der Waals surface area (Å²) in [4.78, 5) is 0. The standard InChI is InChI=1S/C18H25NO2/c1-4-16(19-5-2)18-11-10-17(21-18)15-9-7-6-8-14(15)12-13-20-3/h6-11,16,19H,4-5,12-13H2,1-3H3. The van der Waals surface area contributed by atoms with Gasteiger partial charge in [-0.1, -0.05) is 38.1 Å². The van der Waals surface area contributed by atoms with Crippen LogP contribution in [-0.2, 0) is 11.2 Å². The summed E-state index contributed by atoms with van der Waals surface area (Å²) >= 11 is 0. The van der Waals surface area contributed by atoms with E-state index in [1.165, 1.54) is 5.56 Å². The molecule has 1 heterocycles. The molecule has 0 aliphatic carbocycles. The molecule has 1 aromatic heterocycles. The first-order valence-corrected chi connectivity index (χ1v) is 7.70. The number of nitrogens with one attached hydrogen (secondary N) is 1. The van der Waals surface area contributed by atoms with Gasteiger partial charge in [-0.3, -0.25) is 0 Å². The van der Waals surface area contributed by atoms with Crippen molar-refractivity contribution in [1.82, 2.24) is 5.32 Å². The molecule has 3 nitrogen and oxygen atoms in total. The van der Waals surface area contributed by atoms with E-state index in [9.17, 15) is 0 Å². The normalized spacial score (nSPS) is 12.5. The van der Waals surface area contributed by atoms with Crippen molar-refractivity contribution in [2.24, 2.45) is 0 Å². The van der Waals surface area contributed by atoms with Gasteiger partial charge in [0.25, 0.3) is 0 Å². The van der Waals surface area contributed by atoms with E-state index in [0.717, 1.165) is 43.1 Å². The first kappa shape index (κ1) is 15.8. The van der Waals surface area contributed by atoms with Crippen LogP contribution in [0.1, 0.15) is 37.6 Å². The summed E-state index contributed by atoms with van der Waals surface area (Å²) in [6.45, 7) is 5.95. The fourth-order valence-electron chi connectivity index (χ4n) is 2.57. The van der Waals surface area contributed by atoms with E-state index in [1.807, 2.05) is 0 Å². The Kier molecular flexibility index (Phi) is 6.03. The van der Waals surface area contributed by atoms with Crippen molar-refractivity contribution < 1.29 is 9.15 Å². The van der Waals surface area contributed by atoms with E-state index in [2.05, 4.69) is 55.6 Å². The van der Waals surface area contributed by atoms with Crippen molar-refractivity contribution in [3.8, 4) is 11.3 Å². The number of furan rings is 1. The summed E-state index contributed by atoms with van der Waals surface area (Å²) in [6.07, 6.45) is 1.92. The van der Waals surface area contributed by atoms with Crippen LogP contribution in [0.2, 0.25) is 0 Å². The number of benzene rings is 1.